The Morgan fingerprint density at radius 2 is 1.45 bits per heavy atom. The van der Waals surface area contributed by atoms with Crippen molar-refractivity contribution < 1.29 is 32.6 Å². The van der Waals surface area contributed by atoms with Gasteiger partial charge in [-0.2, -0.15) is 13.2 Å². The molecule has 0 atom stereocenters. The molecule has 9 heteroatoms. The Kier molecular flexibility index (Phi) is 6.15. The van der Waals surface area contributed by atoms with E-state index in [1.807, 2.05) is 12.1 Å². The second kappa shape index (κ2) is 8.49. The van der Waals surface area contributed by atoms with Crippen LogP contribution in [-0.2, 0) is 11.0 Å². The fraction of sp³-hybridized carbons (Fsp3) is 0.364. The van der Waals surface area contributed by atoms with Crippen LogP contribution >= 0.6 is 0 Å². The van der Waals surface area contributed by atoms with E-state index in [1.165, 1.54) is 26.0 Å². The van der Waals surface area contributed by atoms with Crippen molar-refractivity contribution in [2.24, 2.45) is 0 Å². The van der Waals surface area contributed by atoms with E-state index in [2.05, 4.69) is 4.90 Å². The van der Waals surface area contributed by atoms with Crippen molar-refractivity contribution in [2.45, 2.75) is 25.6 Å². The molecule has 2 aromatic rings. The maximum absolute atomic E-state index is 12.7. The van der Waals surface area contributed by atoms with Crippen LogP contribution < -0.4 is 9.64 Å². The lowest BCUT2D eigenvalue weighted by Gasteiger charge is -2.36. The molecule has 1 heterocycles. The second-order valence-corrected chi connectivity index (χ2v) is 7.77. The number of nitrogens with zero attached hydrogens (tertiary/aromatic N) is 2. The standard InChI is InChI=1S/C22H23F3N2O4/c1-21(2,20(29)30)31-18-9-7-17(8-10-18)26-11-13-27(14-12-26)19(28)15-3-5-16(6-4-15)22(23,24)25/h3-10H,11-14H2,1-2H3,(H,29,30). The molecule has 6 nitrogen and oxygen atoms in total. The van der Waals surface area contributed by atoms with Crippen LogP contribution in [0.1, 0.15) is 29.8 Å². The molecule has 31 heavy (non-hydrogen) atoms. The smallest absolute Gasteiger partial charge is 0.416 e. The van der Waals surface area contributed by atoms with Gasteiger partial charge in [0.2, 0.25) is 0 Å². The van der Waals surface area contributed by atoms with E-state index < -0.39 is 23.3 Å². The van der Waals surface area contributed by atoms with Crippen LogP contribution in [0.2, 0.25) is 0 Å². The van der Waals surface area contributed by atoms with Gasteiger partial charge in [-0.3, -0.25) is 4.79 Å². The summed E-state index contributed by atoms with van der Waals surface area (Å²) in [4.78, 5) is 27.5. The third-order valence-electron chi connectivity index (χ3n) is 5.12. The molecule has 0 spiro atoms. The summed E-state index contributed by atoms with van der Waals surface area (Å²) in [5.41, 5.74) is -0.995. The van der Waals surface area contributed by atoms with E-state index in [0.717, 1.165) is 17.8 Å². The topological polar surface area (TPSA) is 70.1 Å². The van der Waals surface area contributed by atoms with Crippen molar-refractivity contribution in [1.29, 1.82) is 0 Å². The first-order valence-corrected chi connectivity index (χ1v) is 9.71. The quantitative estimate of drug-likeness (QED) is 0.770. The summed E-state index contributed by atoms with van der Waals surface area (Å²) in [6.45, 7) is 4.93. The number of halogens is 3. The number of hydrogen-bond donors (Lipinski definition) is 1. The number of benzene rings is 2. The summed E-state index contributed by atoms with van der Waals surface area (Å²) in [6.07, 6.45) is -4.43. The molecule has 166 valence electrons. The van der Waals surface area contributed by atoms with Crippen LogP contribution in [0.4, 0.5) is 18.9 Å². The van der Waals surface area contributed by atoms with Crippen LogP contribution in [0.15, 0.2) is 48.5 Å². The molecule has 1 saturated heterocycles. The maximum atomic E-state index is 12.7. The lowest BCUT2D eigenvalue weighted by atomic mass is 10.1. The highest BCUT2D eigenvalue weighted by molar-refractivity contribution is 5.94. The molecule has 0 unspecified atom stereocenters. The Hall–Kier alpha value is -3.23. The van der Waals surface area contributed by atoms with Gasteiger partial charge in [0.25, 0.3) is 5.91 Å². The summed E-state index contributed by atoms with van der Waals surface area (Å²) in [5, 5.41) is 9.15. The van der Waals surface area contributed by atoms with Crippen molar-refractivity contribution >= 4 is 17.6 Å². The highest BCUT2D eigenvalue weighted by Crippen LogP contribution is 2.29. The molecule has 3 rings (SSSR count). The third kappa shape index (κ3) is 5.28. The van der Waals surface area contributed by atoms with Gasteiger partial charge in [0.15, 0.2) is 5.60 Å². The van der Waals surface area contributed by atoms with Crippen molar-refractivity contribution in [1.82, 2.24) is 4.90 Å². The third-order valence-corrected chi connectivity index (χ3v) is 5.12. The molecule has 1 aliphatic heterocycles. The molecular formula is C22H23F3N2O4. The van der Waals surface area contributed by atoms with Crippen molar-refractivity contribution in [3.8, 4) is 5.75 Å². The molecule has 2 aromatic carbocycles. The lowest BCUT2D eigenvalue weighted by Crippen LogP contribution is -2.48. The number of carbonyl (C=O) groups is 2. The Morgan fingerprint density at radius 1 is 0.903 bits per heavy atom. The molecule has 0 aliphatic carbocycles. The number of carboxylic acids is 1. The van der Waals surface area contributed by atoms with E-state index >= 15 is 0 Å². The van der Waals surface area contributed by atoms with Gasteiger partial charge in [-0.05, 0) is 62.4 Å². The monoisotopic (exact) mass is 436 g/mol. The highest BCUT2D eigenvalue weighted by atomic mass is 19.4. The largest absolute Gasteiger partial charge is 0.478 e. The van der Waals surface area contributed by atoms with Gasteiger partial charge in [0.1, 0.15) is 5.75 Å². The number of aliphatic carboxylic acids is 1. The van der Waals surface area contributed by atoms with Crippen molar-refractivity contribution in [2.75, 3.05) is 31.1 Å². The van der Waals surface area contributed by atoms with Gasteiger partial charge in [0.05, 0.1) is 5.56 Å². The molecule has 0 radical (unpaired) electrons. The number of amides is 1. The first-order valence-electron chi connectivity index (χ1n) is 9.71. The SMILES string of the molecule is CC(C)(Oc1ccc(N2CCN(C(=O)c3ccc(C(F)(F)F)cc3)CC2)cc1)C(=O)O. The fourth-order valence-electron chi connectivity index (χ4n) is 3.22. The number of carboxylic acid groups (broad SMARTS) is 1. The van der Waals surface area contributed by atoms with Gasteiger partial charge in [0, 0.05) is 37.4 Å². The minimum atomic E-state index is -4.43. The first-order chi connectivity index (χ1) is 14.5. The zero-order valence-corrected chi connectivity index (χ0v) is 17.1. The van der Waals surface area contributed by atoms with Gasteiger partial charge < -0.3 is 19.6 Å². The number of rotatable bonds is 5. The van der Waals surface area contributed by atoms with Crippen LogP contribution in [0, 0.1) is 0 Å². The van der Waals surface area contributed by atoms with Crippen molar-refractivity contribution in [3.05, 3.63) is 59.7 Å². The lowest BCUT2D eigenvalue weighted by molar-refractivity contribution is -0.152. The average Bonchev–Trinajstić information content (AvgIpc) is 2.73. The van der Waals surface area contributed by atoms with E-state index in [9.17, 15) is 22.8 Å². The number of hydrogen-bond acceptors (Lipinski definition) is 4. The molecule has 1 N–H and O–H groups in total. The van der Waals surface area contributed by atoms with Crippen LogP contribution in [0.25, 0.3) is 0 Å². The normalized spacial score (nSPS) is 15.0. The average molecular weight is 436 g/mol. The minimum absolute atomic E-state index is 0.226. The molecule has 0 bridgehead atoms. The Bertz CT molecular complexity index is 933. The van der Waals surface area contributed by atoms with E-state index in [1.54, 1.807) is 17.0 Å². The molecule has 1 aliphatic rings. The molecule has 0 aromatic heterocycles. The van der Waals surface area contributed by atoms with Crippen molar-refractivity contribution in [3.63, 3.8) is 0 Å². The van der Waals surface area contributed by atoms with Gasteiger partial charge >= 0.3 is 12.1 Å². The number of anilines is 1. The number of carbonyl (C=O) groups excluding carboxylic acids is 1. The molecule has 1 fully saturated rings. The van der Waals surface area contributed by atoms with Gasteiger partial charge in [-0.1, -0.05) is 0 Å². The van der Waals surface area contributed by atoms with E-state index in [4.69, 9.17) is 9.84 Å². The Balaban J connectivity index is 1.58. The predicted molar refractivity (Wildman–Crippen MR) is 108 cm³/mol. The first kappa shape index (κ1) is 22.5. The second-order valence-electron chi connectivity index (χ2n) is 7.77. The van der Waals surface area contributed by atoms with Gasteiger partial charge in [-0.15, -0.1) is 0 Å². The number of alkyl halides is 3. The zero-order valence-electron chi connectivity index (χ0n) is 17.1. The molecule has 0 saturated carbocycles. The number of ether oxygens (including phenoxy) is 1. The van der Waals surface area contributed by atoms with Gasteiger partial charge in [-0.25, -0.2) is 4.79 Å². The molecule has 1 amide bonds. The van der Waals surface area contributed by atoms with Crippen LogP contribution in [0.3, 0.4) is 0 Å². The summed E-state index contributed by atoms with van der Waals surface area (Å²) in [5.74, 6) is -0.925. The molecular weight excluding hydrogens is 413 g/mol. The predicted octanol–water partition coefficient (Wildman–Crippen LogP) is 3.91. The highest BCUT2D eigenvalue weighted by Gasteiger charge is 2.31. The summed E-state index contributed by atoms with van der Waals surface area (Å²) < 4.78 is 43.5. The maximum Gasteiger partial charge on any atom is 0.416 e. The van der Waals surface area contributed by atoms with Crippen LogP contribution in [0.5, 0.6) is 5.75 Å². The Morgan fingerprint density at radius 3 is 1.94 bits per heavy atom. The summed E-state index contributed by atoms with van der Waals surface area (Å²) in [7, 11) is 0. The summed E-state index contributed by atoms with van der Waals surface area (Å²) in [6, 6.07) is 11.3. The minimum Gasteiger partial charge on any atom is -0.478 e. The van der Waals surface area contributed by atoms with E-state index in [0.29, 0.717) is 31.9 Å². The fourth-order valence-corrected chi connectivity index (χ4v) is 3.22. The van der Waals surface area contributed by atoms with E-state index in [-0.39, 0.29) is 11.5 Å². The Labute approximate surface area is 177 Å². The zero-order chi connectivity index (χ0) is 22.8. The summed E-state index contributed by atoms with van der Waals surface area (Å²) >= 11 is 0. The van der Waals surface area contributed by atoms with Crippen LogP contribution in [-0.4, -0.2) is 53.7 Å². The number of piperazine rings is 1.